The Kier molecular flexibility index (Phi) is 2.57. The average molecular weight is 185 g/mol. The maximum Gasteiger partial charge on any atom is 0.236 e. The summed E-state index contributed by atoms with van der Waals surface area (Å²) in [5, 5.41) is 7.83. The molecule has 12 heavy (non-hydrogen) atoms. The predicted molar refractivity (Wildman–Crippen MR) is 41.4 cm³/mol. The minimum absolute atomic E-state index is 0.0109. The standard InChI is InChI=1S/C7H6O4S/c8-6-3-1-5(2-4-6)7(9)12(10)11/h1-4,8H,(H,10,11)/p-1. The van der Waals surface area contributed by atoms with Gasteiger partial charge in [0.15, 0.2) is 0 Å². The molecule has 0 aliphatic carbocycles. The molecule has 0 aromatic heterocycles. The van der Waals surface area contributed by atoms with Crippen LogP contribution in [0, 0.1) is 0 Å². The zero-order valence-electron chi connectivity index (χ0n) is 5.89. The molecule has 0 amide bonds. The summed E-state index contributed by atoms with van der Waals surface area (Å²) in [4.78, 5) is 10.8. The molecule has 0 aliphatic heterocycles. The highest BCUT2D eigenvalue weighted by Crippen LogP contribution is 2.10. The Morgan fingerprint density at radius 2 is 1.83 bits per heavy atom. The van der Waals surface area contributed by atoms with Crippen LogP contribution in [0.3, 0.4) is 0 Å². The molecule has 1 atom stereocenters. The second kappa shape index (κ2) is 3.46. The Morgan fingerprint density at radius 3 is 2.25 bits per heavy atom. The normalized spacial score (nSPS) is 12.4. The molecule has 1 aromatic carbocycles. The summed E-state index contributed by atoms with van der Waals surface area (Å²) in [5.41, 5.74) is 0.0427. The lowest BCUT2D eigenvalue weighted by Gasteiger charge is -2.02. The molecule has 0 saturated heterocycles. The Bertz CT molecular complexity index is 317. The summed E-state index contributed by atoms with van der Waals surface area (Å²) < 4.78 is 20.3. The first-order valence-corrected chi connectivity index (χ1v) is 4.11. The van der Waals surface area contributed by atoms with E-state index in [0.717, 1.165) is 0 Å². The maximum absolute atomic E-state index is 10.8. The van der Waals surface area contributed by atoms with Crippen LogP contribution in [0.1, 0.15) is 10.4 Å². The van der Waals surface area contributed by atoms with Gasteiger partial charge in [-0.25, -0.2) is 0 Å². The van der Waals surface area contributed by atoms with Gasteiger partial charge in [-0.15, -0.1) is 0 Å². The van der Waals surface area contributed by atoms with Crippen LogP contribution in [0.25, 0.3) is 0 Å². The summed E-state index contributed by atoms with van der Waals surface area (Å²) >= 11 is -2.74. The molecule has 64 valence electrons. The van der Waals surface area contributed by atoms with Gasteiger partial charge in [-0.2, -0.15) is 0 Å². The largest absolute Gasteiger partial charge is 0.766 e. The van der Waals surface area contributed by atoms with Crippen LogP contribution in [0.15, 0.2) is 24.3 Å². The van der Waals surface area contributed by atoms with Crippen LogP contribution >= 0.6 is 0 Å². The number of aromatic hydroxyl groups is 1. The molecule has 0 bridgehead atoms. The van der Waals surface area contributed by atoms with Crippen LogP contribution in [-0.2, 0) is 11.1 Å². The number of carbonyl (C=O) groups excluding carboxylic acids is 1. The van der Waals surface area contributed by atoms with E-state index in [9.17, 15) is 13.6 Å². The van der Waals surface area contributed by atoms with Crippen LogP contribution in [-0.4, -0.2) is 19.0 Å². The van der Waals surface area contributed by atoms with Gasteiger partial charge >= 0.3 is 0 Å². The third-order valence-electron chi connectivity index (χ3n) is 1.25. The Morgan fingerprint density at radius 1 is 1.33 bits per heavy atom. The molecule has 5 heteroatoms. The molecule has 0 saturated carbocycles. The van der Waals surface area contributed by atoms with Gasteiger partial charge in [0.2, 0.25) is 5.12 Å². The molecule has 4 nitrogen and oxygen atoms in total. The van der Waals surface area contributed by atoms with Gasteiger partial charge in [-0.1, -0.05) is 0 Å². The van der Waals surface area contributed by atoms with Crippen molar-refractivity contribution >= 4 is 16.2 Å². The first kappa shape index (κ1) is 8.89. The van der Waals surface area contributed by atoms with Gasteiger partial charge in [0, 0.05) is 16.6 Å². The molecule has 0 aliphatic rings. The second-order valence-electron chi connectivity index (χ2n) is 2.07. The number of benzene rings is 1. The first-order valence-electron chi connectivity index (χ1n) is 3.04. The van der Waals surface area contributed by atoms with Crippen molar-refractivity contribution in [3.05, 3.63) is 29.8 Å². The lowest BCUT2D eigenvalue weighted by Crippen LogP contribution is -2.05. The van der Waals surface area contributed by atoms with E-state index in [1.807, 2.05) is 0 Å². The van der Waals surface area contributed by atoms with Crippen LogP contribution in [0.4, 0.5) is 0 Å². The van der Waals surface area contributed by atoms with E-state index in [-0.39, 0.29) is 11.3 Å². The fourth-order valence-corrected chi connectivity index (χ4v) is 1.02. The summed E-state index contributed by atoms with van der Waals surface area (Å²) in [7, 11) is 0. The monoisotopic (exact) mass is 185 g/mol. The smallest absolute Gasteiger partial charge is 0.236 e. The molecule has 0 spiro atoms. The highest BCUT2D eigenvalue weighted by Gasteiger charge is 2.04. The lowest BCUT2D eigenvalue weighted by molar-refractivity contribution is 0.107. The third kappa shape index (κ3) is 1.90. The molecule has 0 radical (unpaired) electrons. The van der Waals surface area contributed by atoms with Gasteiger partial charge in [0.05, 0.1) is 0 Å². The van der Waals surface area contributed by atoms with Crippen molar-refractivity contribution < 1.29 is 18.7 Å². The predicted octanol–water partition coefficient (Wildman–Crippen LogP) is 0.412. The number of carbonyl (C=O) groups is 1. The zero-order valence-corrected chi connectivity index (χ0v) is 6.71. The van der Waals surface area contributed by atoms with E-state index in [2.05, 4.69) is 0 Å². The fraction of sp³-hybridized carbons (Fsp3) is 0. The zero-order chi connectivity index (χ0) is 9.14. The van der Waals surface area contributed by atoms with Gasteiger partial charge in [0.1, 0.15) is 5.75 Å². The molecular weight excluding hydrogens is 180 g/mol. The molecule has 0 heterocycles. The molecule has 1 rings (SSSR count). The van der Waals surface area contributed by atoms with Crippen LogP contribution in [0.2, 0.25) is 0 Å². The Labute approximate surface area is 71.1 Å². The van der Waals surface area contributed by atoms with Crippen molar-refractivity contribution in [2.24, 2.45) is 0 Å². The molecule has 1 aromatic rings. The number of phenolic OH excluding ortho intramolecular Hbond substituents is 1. The van der Waals surface area contributed by atoms with Gasteiger partial charge in [-0.3, -0.25) is 9.00 Å². The first-order chi connectivity index (χ1) is 5.61. The highest BCUT2D eigenvalue weighted by molar-refractivity contribution is 7.95. The highest BCUT2D eigenvalue weighted by atomic mass is 32.2. The van der Waals surface area contributed by atoms with E-state index in [0.29, 0.717) is 0 Å². The van der Waals surface area contributed by atoms with Crippen molar-refractivity contribution in [1.29, 1.82) is 0 Å². The van der Waals surface area contributed by atoms with E-state index >= 15 is 0 Å². The quantitative estimate of drug-likeness (QED) is 0.643. The van der Waals surface area contributed by atoms with E-state index in [1.54, 1.807) is 0 Å². The number of hydrogen-bond donors (Lipinski definition) is 1. The lowest BCUT2D eigenvalue weighted by atomic mass is 10.2. The third-order valence-corrected chi connectivity index (χ3v) is 1.79. The minimum atomic E-state index is -2.74. The average Bonchev–Trinajstić information content (AvgIpc) is 2.04. The van der Waals surface area contributed by atoms with Gasteiger partial charge < -0.3 is 9.66 Å². The molecule has 1 N–H and O–H groups in total. The van der Waals surface area contributed by atoms with Crippen molar-refractivity contribution in [2.45, 2.75) is 0 Å². The number of rotatable bonds is 1. The van der Waals surface area contributed by atoms with E-state index in [4.69, 9.17) is 5.11 Å². The molecular formula is C7H5O4S-. The maximum atomic E-state index is 10.8. The summed E-state index contributed by atoms with van der Waals surface area (Å²) in [5.74, 6) is -0.0109. The van der Waals surface area contributed by atoms with Gasteiger partial charge in [0.25, 0.3) is 0 Å². The fourth-order valence-electron chi connectivity index (χ4n) is 0.694. The summed E-state index contributed by atoms with van der Waals surface area (Å²) in [6.07, 6.45) is 0. The van der Waals surface area contributed by atoms with Crippen molar-refractivity contribution in [2.75, 3.05) is 0 Å². The van der Waals surface area contributed by atoms with E-state index < -0.39 is 16.2 Å². The van der Waals surface area contributed by atoms with Crippen molar-refractivity contribution in [3.63, 3.8) is 0 Å². The molecule has 1 unspecified atom stereocenters. The Balaban J connectivity index is 2.98. The number of hydrogen-bond acceptors (Lipinski definition) is 4. The number of phenols is 1. The van der Waals surface area contributed by atoms with E-state index in [1.165, 1.54) is 24.3 Å². The SMILES string of the molecule is O=C(c1ccc(O)cc1)S(=O)[O-]. The van der Waals surface area contributed by atoms with Crippen LogP contribution < -0.4 is 0 Å². The minimum Gasteiger partial charge on any atom is -0.766 e. The van der Waals surface area contributed by atoms with Crippen molar-refractivity contribution in [1.82, 2.24) is 0 Å². The molecule has 0 fully saturated rings. The second-order valence-corrected chi connectivity index (χ2v) is 2.91. The summed E-state index contributed by atoms with van der Waals surface area (Å²) in [6, 6.07) is 4.99. The van der Waals surface area contributed by atoms with Gasteiger partial charge in [-0.05, 0) is 24.3 Å². The summed E-state index contributed by atoms with van der Waals surface area (Å²) in [6.45, 7) is 0. The topological polar surface area (TPSA) is 77.4 Å². The van der Waals surface area contributed by atoms with Crippen LogP contribution in [0.5, 0.6) is 5.75 Å². The van der Waals surface area contributed by atoms with Crippen molar-refractivity contribution in [3.8, 4) is 5.75 Å². The Hall–Kier alpha value is -1.20.